The van der Waals surface area contributed by atoms with Crippen LogP contribution >= 0.6 is 0 Å². The molecule has 1 heterocycles. The van der Waals surface area contributed by atoms with Gasteiger partial charge in [-0.2, -0.15) is 0 Å². The summed E-state index contributed by atoms with van der Waals surface area (Å²) in [5, 5.41) is 7.31. The molecule has 0 bridgehead atoms. The number of hydrogen-bond acceptors (Lipinski definition) is 1. The maximum atomic E-state index is 4.11. The second-order valence-corrected chi connectivity index (χ2v) is 1.42. The molecule has 2 heteroatoms. The van der Waals surface area contributed by atoms with E-state index in [-0.39, 0.29) is 0 Å². The molecule has 0 saturated carbocycles. The van der Waals surface area contributed by atoms with Crippen LogP contribution in [-0.4, -0.2) is 26.2 Å². The van der Waals surface area contributed by atoms with Gasteiger partial charge in [0.05, 0.1) is 18.4 Å². The third kappa shape index (κ3) is 0.954. The first-order valence-corrected chi connectivity index (χ1v) is 2.34. The van der Waals surface area contributed by atoms with Gasteiger partial charge in [-0.25, -0.2) is 0 Å². The van der Waals surface area contributed by atoms with Crippen LogP contribution in [0.5, 0.6) is 0 Å². The highest BCUT2D eigenvalue weighted by Gasteiger charge is 2.06. The van der Waals surface area contributed by atoms with Gasteiger partial charge in [0.25, 0.3) is 0 Å². The average Bonchev–Trinajstić information content (AvgIpc) is 1.72. The largest absolute Gasteiger partial charge is 0.305 e. The molecule has 2 nitrogen and oxygen atoms in total. The van der Waals surface area contributed by atoms with Gasteiger partial charge in [-0.05, 0) is 0 Å². The van der Waals surface area contributed by atoms with Crippen LogP contribution in [0.3, 0.4) is 0 Å². The average molecular weight is 85.1 g/mol. The molecular weight excluding hydrogens is 76.1 g/mol. The monoisotopic (exact) mass is 85.1 g/mol. The van der Waals surface area contributed by atoms with E-state index in [9.17, 15) is 0 Å². The van der Waals surface area contributed by atoms with Crippen molar-refractivity contribution >= 4 is 0 Å². The summed E-state index contributed by atoms with van der Waals surface area (Å²) in [6, 6.07) is 0. The summed E-state index contributed by atoms with van der Waals surface area (Å²) in [6.07, 6.45) is 0. The van der Waals surface area contributed by atoms with Gasteiger partial charge in [0.2, 0.25) is 0 Å². The predicted molar refractivity (Wildman–Crippen MR) is 24.7 cm³/mol. The summed E-state index contributed by atoms with van der Waals surface area (Å²) in [6.45, 7) is 4.19. The Kier molecular flexibility index (Phi) is 1.47. The molecule has 0 amide bonds. The lowest BCUT2D eigenvalue weighted by Crippen LogP contribution is -2.35. The number of hydrogen-bond donors (Lipinski definition) is 1. The molecule has 34 valence electrons. The zero-order chi connectivity index (χ0) is 4.24. The molecule has 0 aromatic rings. The molecular formula is C4H9N2+. The first kappa shape index (κ1) is 4.09. The van der Waals surface area contributed by atoms with Crippen molar-refractivity contribution in [1.82, 2.24) is 10.6 Å². The van der Waals surface area contributed by atoms with Crippen LogP contribution in [0.4, 0.5) is 0 Å². The maximum Gasteiger partial charge on any atom is 0.196 e. The Morgan fingerprint density at radius 2 is 1.83 bits per heavy atom. The molecule has 2 radical (unpaired) electrons. The highest BCUT2D eigenvalue weighted by atomic mass is 15.0. The van der Waals surface area contributed by atoms with Gasteiger partial charge in [0, 0.05) is 0 Å². The summed E-state index contributed by atoms with van der Waals surface area (Å²) in [7, 11) is 0. The van der Waals surface area contributed by atoms with Crippen molar-refractivity contribution < 1.29 is 0 Å². The number of piperazine rings is 1. The molecule has 1 aliphatic heterocycles. The lowest BCUT2D eigenvalue weighted by Gasteiger charge is -1.98. The minimum Gasteiger partial charge on any atom is -0.305 e. The van der Waals surface area contributed by atoms with E-state index in [1.54, 1.807) is 0 Å². The van der Waals surface area contributed by atoms with Gasteiger partial charge in [-0.3, -0.25) is 0 Å². The summed E-state index contributed by atoms with van der Waals surface area (Å²) >= 11 is 0. The molecule has 0 aliphatic carbocycles. The van der Waals surface area contributed by atoms with Crippen LogP contribution in [-0.2, 0) is 0 Å². The molecule has 1 saturated heterocycles. The predicted octanol–water partition coefficient (Wildman–Crippen LogP) is -0.806. The maximum absolute atomic E-state index is 4.11. The van der Waals surface area contributed by atoms with Crippen LogP contribution in [0.1, 0.15) is 0 Å². The van der Waals surface area contributed by atoms with Crippen LogP contribution in [0.2, 0.25) is 0 Å². The molecule has 6 heavy (non-hydrogen) atoms. The Bertz CT molecular complexity index is 21.0. The molecule has 0 unspecified atom stereocenters. The minimum atomic E-state index is 1.01. The van der Waals surface area contributed by atoms with Crippen LogP contribution in [0, 0.1) is 0 Å². The Balaban J connectivity index is 2.00. The van der Waals surface area contributed by atoms with Gasteiger partial charge in [-0.15, -0.1) is 0 Å². The molecule has 1 N–H and O–H groups in total. The molecule has 1 aliphatic rings. The third-order valence-corrected chi connectivity index (χ3v) is 0.893. The van der Waals surface area contributed by atoms with Crippen LogP contribution < -0.4 is 10.6 Å². The van der Waals surface area contributed by atoms with Crippen molar-refractivity contribution in [3.05, 3.63) is 0 Å². The third-order valence-electron chi connectivity index (χ3n) is 0.893. The first-order valence-electron chi connectivity index (χ1n) is 2.34. The van der Waals surface area contributed by atoms with E-state index in [0.29, 0.717) is 0 Å². The summed E-state index contributed by atoms with van der Waals surface area (Å²) in [4.78, 5) is 0. The molecule has 0 aromatic carbocycles. The Hall–Kier alpha value is -0.0800. The Morgan fingerprint density at radius 1 is 1.17 bits per heavy atom. The number of nitrogens with one attached hydrogen (secondary N) is 1. The van der Waals surface area contributed by atoms with E-state index >= 15 is 0 Å². The van der Waals surface area contributed by atoms with Crippen molar-refractivity contribution in [2.45, 2.75) is 0 Å². The molecule has 1 rings (SSSR count). The fraction of sp³-hybridized carbons (Fsp3) is 1.00. The van der Waals surface area contributed by atoms with Gasteiger partial charge in [0.1, 0.15) is 0 Å². The van der Waals surface area contributed by atoms with Gasteiger partial charge >= 0.3 is 0 Å². The molecule has 0 aromatic heterocycles. The fourth-order valence-electron chi connectivity index (χ4n) is 0.553. The molecule has 0 spiro atoms. The second kappa shape index (κ2) is 2.16. The molecule has 1 fully saturated rings. The molecule has 0 atom stereocenters. The van der Waals surface area contributed by atoms with Crippen molar-refractivity contribution in [2.24, 2.45) is 0 Å². The van der Waals surface area contributed by atoms with Crippen LogP contribution in [0.15, 0.2) is 0 Å². The van der Waals surface area contributed by atoms with E-state index in [4.69, 9.17) is 0 Å². The van der Waals surface area contributed by atoms with Gasteiger partial charge < -0.3 is 5.32 Å². The van der Waals surface area contributed by atoms with E-state index < -0.39 is 0 Å². The SMILES string of the molecule is C1CNCC[N+]1. The zero-order valence-electron chi connectivity index (χ0n) is 3.78. The Morgan fingerprint density at radius 3 is 2.00 bits per heavy atom. The van der Waals surface area contributed by atoms with E-state index in [2.05, 4.69) is 10.6 Å². The normalized spacial score (nSPS) is 24.0. The first-order chi connectivity index (χ1) is 3.00. The topological polar surface area (TPSA) is 26.1 Å². The summed E-state index contributed by atoms with van der Waals surface area (Å²) in [5.74, 6) is 0. The standard InChI is InChI=1S/C4H9N2/c1-2-6-4-3-5-1/h5H,1-4H2/q+1. The van der Waals surface area contributed by atoms with Crippen molar-refractivity contribution in [3.63, 3.8) is 0 Å². The van der Waals surface area contributed by atoms with Gasteiger partial charge in [-0.1, -0.05) is 0 Å². The van der Waals surface area contributed by atoms with E-state index in [0.717, 1.165) is 26.2 Å². The van der Waals surface area contributed by atoms with Crippen LogP contribution in [0.25, 0.3) is 0 Å². The number of nitrogens with zero attached hydrogens (tertiary/aromatic N) is 1. The van der Waals surface area contributed by atoms with Crippen molar-refractivity contribution in [3.8, 4) is 0 Å². The Labute approximate surface area is 37.9 Å². The second-order valence-electron chi connectivity index (χ2n) is 1.42. The lowest BCUT2D eigenvalue weighted by molar-refractivity contribution is 0.526. The zero-order valence-corrected chi connectivity index (χ0v) is 3.78. The smallest absolute Gasteiger partial charge is 0.196 e. The van der Waals surface area contributed by atoms with E-state index in [1.807, 2.05) is 0 Å². The quantitative estimate of drug-likeness (QED) is 0.409. The van der Waals surface area contributed by atoms with Gasteiger partial charge in [0.15, 0.2) is 13.1 Å². The fourth-order valence-corrected chi connectivity index (χ4v) is 0.553. The van der Waals surface area contributed by atoms with Crippen molar-refractivity contribution in [2.75, 3.05) is 26.2 Å². The lowest BCUT2D eigenvalue weighted by atomic mass is 10.4. The highest BCUT2D eigenvalue weighted by molar-refractivity contribution is 4.58. The summed E-state index contributed by atoms with van der Waals surface area (Å²) in [5.41, 5.74) is 0. The highest BCUT2D eigenvalue weighted by Crippen LogP contribution is 1.68. The summed E-state index contributed by atoms with van der Waals surface area (Å²) < 4.78 is 0. The minimum absolute atomic E-state index is 1.01. The van der Waals surface area contributed by atoms with Crippen molar-refractivity contribution in [1.29, 1.82) is 0 Å². The number of rotatable bonds is 0. The van der Waals surface area contributed by atoms with E-state index in [1.165, 1.54) is 0 Å².